The summed E-state index contributed by atoms with van der Waals surface area (Å²) in [7, 11) is 0. The predicted octanol–water partition coefficient (Wildman–Crippen LogP) is 7.30. The molecule has 0 fully saturated rings. The molecule has 40 heavy (non-hydrogen) atoms. The maximum absolute atomic E-state index is 6.25. The number of hydrogen-bond acceptors (Lipinski definition) is 5. The Labute approximate surface area is 236 Å². The number of unbranched alkanes of at least 4 members (excludes halogenated alkanes) is 1. The molecular weight excluding hydrogens is 500 g/mol. The molecule has 4 aromatic rings. The van der Waals surface area contributed by atoms with Crippen molar-refractivity contribution in [1.29, 1.82) is 0 Å². The lowest BCUT2D eigenvalue weighted by molar-refractivity contribution is -0.00211. The Balaban J connectivity index is 1.46. The summed E-state index contributed by atoms with van der Waals surface area (Å²) < 4.78 is 18.6. The monoisotopic (exact) mass is 540 g/mol. The van der Waals surface area contributed by atoms with Gasteiger partial charge >= 0.3 is 0 Å². The number of aliphatic imine (C=N–C) groups is 2. The summed E-state index contributed by atoms with van der Waals surface area (Å²) >= 11 is 0. The van der Waals surface area contributed by atoms with Crippen LogP contribution in [0, 0.1) is 0 Å². The van der Waals surface area contributed by atoms with E-state index in [0.29, 0.717) is 11.7 Å². The quantitative estimate of drug-likeness (QED) is 0.111. The molecule has 0 aliphatic rings. The lowest BCUT2D eigenvalue weighted by atomic mass is 10.1. The van der Waals surface area contributed by atoms with E-state index in [9.17, 15) is 0 Å². The van der Waals surface area contributed by atoms with Crippen LogP contribution in [-0.2, 0) is 0 Å². The average molecular weight is 541 g/mol. The summed E-state index contributed by atoms with van der Waals surface area (Å²) in [6.07, 6.45) is 2.39. The molecular formula is C33H40N4O3. The molecule has 1 atom stereocenters. The van der Waals surface area contributed by atoms with Crippen LogP contribution in [0.15, 0.2) is 87.2 Å². The van der Waals surface area contributed by atoms with Crippen molar-refractivity contribution in [2.24, 2.45) is 21.5 Å². The first-order valence-corrected chi connectivity index (χ1v) is 14.0. The summed E-state index contributed by atoms with van der Waals surface area (Å²) in [6.45, 7) is 10.2. The molecule has 3 aromatic carbocycles. The third-order valence-corrected chi connectivity index (χ3v) is 6.22. The number of furan rings is 1. The molecule has 0 aliphatic carbocycles. The Morgan fingerprint density at radius 3 is 1.88 bits per heavy atom. The number of rotatable bonds is 12. The molecule has 0 radical (unpaired) electrons. The Bertz CT molecular complexity index is 1450. The first-order valence-electron chi connectivity index (χ1n) is 14.0. The Kier molecular flexibility index (Phi) is 9.48. The molecule has 7 nitrogen and oxygen atoms in total. The van der Waals surface area contributed by atoms with Gasteiger partial charge in [-0.05, 0) is 107 Å². The van der Waals surface area contributed by atoms with Crippen molar-refractivity contribution in [1.82, 2.24) is 0 Å². The van der Waals surface area contributed by atoms with E-state index in [1.165, 1.54) is 0 Å². The van der Waals surface area contributed by atoms with Crippen LogP contribution in [0.2, 0.25) is 0 Å². The molecule has 4 N–H and O–H groups in total. The fraction of sp³-hybridized carbons (Fsp3) is 0.333. The summed E-state index contributed by atoms with van der Waals surface area (Å²) in [4.78, 5) is 8.86. The van der Waals surface area contributed by atoms with Crippen molar-refractivity contribution in [2.75, 3.05) is 0 Å². The summed E-state index contributed by atoms with van der Waals surface area (Å²) in [6, 6.07) is 23.7. The number of fused-ring (bicyclic) bond motifs is 1. The van der Waals surface area contributed by atoms with Gasteiger partial charge in [-0.3, -0.25) is 9.98 Å². The molecule has 0 saturated carbocycles. The summed E-state index contributed by atoms with van der Waals surface area (Å²) in [5.74, 6) is 3.28. The van der Waals surface area contributed by atoms with Gasteiger partial charge in [0.15, 0.2) is 0 Å². The van der Waals surface area contributed by atoms with Crippen molar-refractivity contribution >= 4 is 22.6 Å². The van der Waals surface area contributed by atoms with Crippen LogP contribution in [0.5, 0.6) is 11.5 Å². The summed E-state index contributed by atoms with van der Waals surface area (Å²) in [5.41, 5.74) is 15.8. The van der Waals surface area contributed by atoms with E-state index >= 15 is 0 Å². The van der Waals surface area contributed by atoms with Gasteiger partial charge in [0.25, 0.3) is 0 Å². The lowest BCUT2D eigenvalue weighted by Crippen LogP contribution is -2.24. The van der Waals surface area contributed by atoms with Gasteiger partial charge in [-0.15, -0.1) is 0 Å². The zero-order valence-corrected chi connectivity index (χ0v) is 24.1. The average Bonchev–Trinajstić information content (AvgIpc) is 3.35. The normalized spacial score (nSPS) is 13.3. The Morgan fingerprint density at radius 1 is 0.750 bits per heavy atom. The number of ether oxygens (including phenoxy) is 2. The van der Waals surface area contributed by atoms with Gasteiger partial charge in [0.05, 0.1) is 0 Å². The van der Waals surface area contributed by atoms with E-state index in [2.05, 4.69) is 16.9 Å². The van der Waals surface area contributed by atoms with Crippen molar-refractivity contribution < 1.29 is 13.9 Å². The second kappa shape index (κ2) is 13.2. The van der Waals surface area contributed by atoms with Gasteiger partial charge in [0.2, 0.25) is 6.29 Å². The minimum Gasteiger partial charge on any atom is -0.456 e. The molecule has 1 heterocycles. The minimum absolute atomic E-state index is 0.137. The number of nitrogens with two attached hydrogens (primary N) is 2. The van der Waals surface area contributed by atoms with Gasteiger partial charge in [0.1, 0.15) is 34.5 Å². The summed E-state index contributed by atoms with van der Waals surface area (Å²) in [5, 5.41) is 0.978. The third kappa shape index (κ3) is 7.65. The zero-order chi connectivity index (χ0) is 28.6. The molecule has 0 amide bonds. The smallest absolute Gasteiger partial charge is 0.241 e. The number of hydrogen-bond donors (Lipinski definition) is 2. The largest absolute Gasteiger partial charge is 0.456 e. The first kappa shape index (κ1) is 28.7. The Morgan fingerprint density at radius 2 is 1.30 bits per heavy atom. The van der Waals surface area contributed by atoms with Gasteiger partial charge in [-0.1, -0.05) is 13.3 Å². The van der Waals surface area contributed by atoms with Gasteiger partial charge < -0.3 is 25.4 Å². The number of amidine groups is 2. The van der Waals surface area contributed by atoms with Crippen molar-refractivity contribution in [3.63, 3.8) is 0 Å². The van der Waals surface area contributed by atoms with Crippen molar-refractivity contribution in [3.8, 4) is 22.8 Å². The molecule has 0 bridgehead atoms. The SMILES string of the molecule is CCCCC(Oc1ccc(C(N)=NC(C)C)cc1)Oc1ccc(-c2cc3cc(C(N)=NC(C)C)ccc3o2)cc1. The number of benzene rings is 3. The van der Waals surface area contributed by atoms with Crippen molar-refractivity contribution in [3.05, 3.63) is 83.9 Å². The molecule has 7 heteroatoms. The van der Waals surface area contributed by atoms with Crippen LogP contribution in [0.1, 0.15) is 65.0 Å². The molecule has 4 rings (SSSR count). The van der Waals surface area contributed by atoms with Gasteiger partial charge in [0, 0.05) is 40.6 Å². The van der Waals surface area contributed by atoms with E-state index in [1.54, 1.807) is 0 Å². The van der Waals surface area contributed by atoms with Gasteiger partial charge in [-0.2, -0.15) is 0 Å². The predicted molar refractivity (Wildman–Crippen MR) is 164 cm³/mol. The van der Waals surface area contributed by atoms with E-state index in [0.717, 1.165) is 64.2 Å². The Hall–Kier alpha value is -4.26. The van der Waals surface area contributed by atoms with Crippen LogP contribution in [-0.4, -0.2) is 30.0 Å². The highest BCUT2D eigenvalue weighted by Crippen LogP contribution is 2.30. The van der Waals surface area contributed by atoms with Crippen LogP contribution in [0.4, 0.5) is 0 Å². The topological polar surface area (TPSA) is 108 Å². The highest BCUT2D eigenvalue weighted by molar-refractivity contribution is 6.01. The maximum Gasteiger partial charge on any atom is 0.241 e. The van der Waals surface area contributed by atoms with Gasteiger partial charge in [-0.25, -0.2) is 0 Å². The second-order valence-electron chi connectivity index (χ2n) is 10.4. The van der Waals surface area contributed by atoms with E-state index in [4.69, 9.17) is 25.4 Å². The van der Waals surface area contributed by atoms with Crippen LogP contribution >= 0.6 is 0 Å². The zero-order valence-electron chi connectivity index (χ0n) is 24.1. The van der Waals surface area contributed by atoms with Crippen LogP contribution in [0.25, 0.3) is 22.3 Å². The molecule has 1 aromatic heterocycles. The van der Waals surface area contributed by atoms with Crippen molar-refractivity contribution in [2.45, 2.75) is 72.3 Å². The van der Waals surface area contributed by atoms with Crippen LogP contribution < -0.4 is 20.9 Å². The van der Waals surface area contributed by atoms with E-state index < -0.39 is 6.29 Å². The fourth-order valence-electron chi connectivity index (χ4n) is 4.27. The highest BCUT2D eigenvalue weighted by Gasteiger charge is 2.14. The minimum atomic E-state index is -0.416. The second-order valence-corrected chi connectivity index (χ2v) is 10.4. The fourth-order valence-corrected chi connectivity index (χ4v) is 4.27. The maximum atomic E-state index is 6.25. The molecule has 1 unspecified atom stereocenters. The molecule has 0 spiro atoms. The first-order chi connectivity index (χ1) is 19.2. The number of nitrogens with zero attached hydrogens (tertiary/aromatic N) is 2. The third-order valence-electron chi connectivity index (χ3n) is 6.22. The standard InChI is InChI=1S/C33H40N4O3/c1-6-7-8-31(39-28-16-11-24(12-17-28)32(34)36-21(2)3)38-27-14-9-23(10-15-27)30-20-26-19-25(13-18-29(26)40-30)33(35)37-22(4)5/h9-22,31H,6-8H2,1-5H3,(H2,34,36)(H2,35,37). The molecule has 0 saturated heterocycles. The highest BCUT2D eigenvalue weighted by atomic mass is 16.7. The lowest BCUT2D eigenvalue weighted by Gasteiger charge is -2.21. The van der Waals surface area contributed by atoms with E-state index in [1.807, 2.05) is 100 Å². The van der Waals surface area contributed by atoms with Crippen LogP contribution in [0.3, 0.4) is 0 Å². The van der Waals surface area contributed by atoms with E-state index in [-0.39, 0.29) is 12.1 Å². The molecule has 0 aliphatic heterocycles. The molecule has 210 valence electrons.